The van der Waals surface area contributed by atoms with Crippen molar-refractivity contribution < 1.29 is 9.32 Å². The first-order valence-corrected chi connectivity index (χ1v) is 8.57. The Balaban J connectivity index is 0.00000261. The van der Waals surface area contributed by atoms with Gasteiger partial charge in [-0.15, -0.1) is 12.4 Å². The number of nitrogens with zero attached hydrogens (tertiary/aromatic N) is 3. The summed E-state index contributed by atoms with van der Waals surface area (Å²) in [5.74, 6) is 1.08. The number of halogens is 1. The standard InChI is InChI=1S/C20H22N4O2.ClH/c1-15(25)24(14-17-5-3-2-4-6-17)12-11-19-22-20(23-26-19)18-9-7-16(13-21)8-10-18;/h2-10H,11-14,21H2,1H3;1H. The van der Waals surface area contributed by atoms with Crippen LogP contribution in [0.5, 0.6) is 0 Å². The van der Waals surface area contributed by atoms with E-state index in [1.807, 2.05) is 54.6 Å². The molecule has 3 rings (SSSR count). The van der Waals surface area contributed by atoms with Crippen molar-refractivity contribution in [1.82, 2.24) is 15.0 Å². The van der Waals surface area contributed by atoms with E-state index in [4.69, 9.17) is 10.3 Å². The van der Waals surface area contributed by atoms with Crippen molar-refractivity contribution in [2.75, 3.05) is 6.54 Å². The van der Waals surface area contributed by atoms with Crippen molar-refractivity contribution >= 4 is 18.3 Å². The summed E-state index contributed by atoms with van der Waals surface area (Å²) in [6, 6.07) is 17.6. The van der Waals surface area contributed by atoms with E-state index in [-0.39, 0.29) is 18.3 Å². The molecule has 0 unspecified atom stereocenters. The number of benzene rings is 2. The average Bonchev–Trinajstić information content (AvgIpc) is 3.15. The van der Waals surface area contributed by atoms with E-state index >= 15 is 0 Å². The number of carbonyl (C=O) groups excluding carboxylic acids is 1. The average molecular weight is 387 g/mol. The molecule has 0 fully saturated rings. The van der Waals surface area contributed by atoms with Gasteiger partial charge in [0.1, 0.15) is 0 Å². The summed E-state index contributed by atoms with van der Waals surface area (Å²) in [5, 5.41) is 4.03. The van der Waals surface area contributed by atoms with Crippen LogP contribution in [0.2, 0.25) is 0 Å². The number of carbonyl (C=O) groups is 1. The molecule has 7 heteroatoms. The first-order chi connectivity index (χ1) is 12.7. The smallest absolute Gasteiger partial charge is 0.228 e. The quantitative estimate of drug-likeness (QED) is 0.673. The van der Waals surface area contributed by atoms with Gasteiger partial charge < -0.3 is 15.2 Å². The molecular weight excluding hydrogens is 364 g/mol. The predicted octanol–water partition coefficient (Wildman–Crippen LogP) is 3.21. The SMILES string of the molecule is CC(=O)N(CCc1nc(-c2ccc(CN)cc2)no1)Cc1ccccc1.Cl. The minimum atomic E-state index is 0. The lowest BCUT2D eigenvalue weighted by Gasteiger charge is -2.20. The molecule has 0 aliphatic carbocycles. The Morgan fingerprint density at radius 1 is 1.07 bits per heavy atom. The summed E-state index contributed by atoms with van der Waals surface area (Å²) in [7, 11) is 0. The zero-order chi connectivity index (χ0) is 18.4. The van der Waals surface area contributed by atoms with Crippen molar-refractivity contribution in [3.63, 3.8) is 0 Å². The van der Waals surface area contributed by atoms with Crippen LogP contribution >= 0.6 is 12.4 Å². The fraction of sp³-hybridized carbons (Fsp3) is 0.250. The number of hydrogen-bond acceptors (Lipinski definition) is 5. The Morgan fingerprint density at radius 2 is 1.78 bits per heavy atom. The first kappa shape index (κ1) is 20.6. The molecule has 6 nitrogen and oxygen atoms in total. The van der Waals surface area contributed by atoms with Gasteiger partial charge >= 0.3 is 0 Å². The first-order valence-electron chi connectivity index (χ1n) is 8.57. The summed E-state index contributed by atoms with van der Waals surface area (Å²) in [6.45, 7) is 3.16. The van der Waals surface area contributed by atoms with E-state index in [1.54, 1.807) is 11.8 Å². The molecule has 1 aromatic heterocycles. The van der Waals surface area contributed by atoms with Gasteiger partial charge in [0.25, 0.3) is 0 Å². The van der Waals surface area contributed by atoms with Gasteiger partial charge in [0, 0.05) is 38.5 Å². The van der Waals surface area contributed by atoms with E-state index in [0.29, 0.717) is 37.8 Å². The summed E-state index contributed by atoms with van der Waals surface area (Å²) < 4.78 is 5.33. The molecule has 27 heavy (non-hydrogen) atoms. The lowest BCUT2D eigenvalue weighted by atomic mass is 10.1. The number of rotatable bonds is 7. The molecule has 1 amide bonds. The van der Waals surface area contributed by atoms with Crippen LogP contribution in [0, 0.1) is 0 Å². The van der Waals surface area contributed by atoms with Crippen LogP contribution in [-0.4, -0.2) is 27.5 Å². The molecule has 0 aliphatic heterocycles. The molecule has 0 bridgehead atoms. The molecule has 2 N–H and O–H groups in total. The summed E-state index contributed by atoms with van der Waals surface area (Å²) >= 11 is 0. The van der Waals surface area contributed by atoms with Gasteiger partial charge in [-0.2, -0.15) is 4.98 Å². The maximum absolute atomic E-state index is 11.9. The van der Waals surface area contributed by atoms with Crippen LogP contribution in [0.4, 0.5) is 0 Å². The fourth-order valence-electron chi connectivity index (χ4n) is 2.65. The Morgan fingerprint density at radius 3 is 2.41 bits per heavy atom. The largest absolute Gasteiger partial charge is 0.339 e. The van der Waals surface area contributed by atoms with Crippen molar-refractivity contribution in [1.29, 1.82) is 0 Å². The van der Waals surface area contributed by atoms with Gasteiger partial charge in [-0.25, -0.2) is 0 Å². The van der Waals surface area contributed by atoms with Crippen LogP contribution in [-0.2, 0) is 24.3 Å². The van der Waals surface area contributed by atoms with E-state index in [1.165, 1.54) is 0 Å². The number of aromatic nitrogens is 2. The van der Waals surface area contributed by atoms with Crippen molar-refractivity contribution in [3.05, 3.63) is 71.6 Å². The third-order valence-electron chi connectivity index (χ3n) is 4.17. The van der Waals surface area contributed by atoms with Gasteiger partial charge in [0.05, 0.1) is 0 Å². The van der Waals surface area contributed by atoms with E-state index in [9.17, 15) is 4.79 Å². The molecule has 0 atom stereocenters. The molecule has 0 aliphatic rings. The van der Waals surface area contributed by atoms with Gasteiger partial charge in [-0.05, 0) is 11.1 Å². The fourth-order valence-corrected chi connectivity index (χ4v) is 2.65. The highest BCUT2D eigenvalue weighted by Crippen LogP contribution is 2.17. The maximum atomic E-state index is 11.9. The monoisotopic (exact) mass is 386 g/mol. The van der Waals surface area contributed by atoms with E-state index in [0.717, 1.165) is 16.7 Å². The second-order valence-corrected chi connectivity index (χ2v) is 6.09. The van der Waals surface area contributed by atoms with Crippen LogP contribution in [0.1, 0.15) is 23.9 Å². The lowest BCUT2D eigenvalue weighted by Crippen LogP contribution is -2.30. The lowest BCUT2D eigenvalue weighted by molar-refractivity contribution is -0.129. The maximum Gasteiger partial charge on any atom is 0.228 e. The molecule has 142 valence electrons. The number of amides is 1. The zero-order valence-electron chi connectivity index (χ0n) is 15.2. The predicted molar refractivity (Wildman–Crippen MR) is 106 cm³/mol. The second kappa shape index (κ2) is 9.85. The summed E-state index contributed by atoms with van der Waals surface area (Å²) in [6.07, 6.45) is 0.514. The minimum Gasteiger partial charge on any atom is -0.339 e. The van der Waals surface area contributed by atoms with Crippen LogP contribution in [0.25, 0.3) is 11.4 Å². The van der Waals surface area contributed by atoms with Crippen LogP contribution in [0.3, 0.4) is 0 Å². The minimum absolute atomic E-state index is 0. The van der Waals surface area contributed by atoms with Crippen molar-refractivity contribution in [2.24, 2.45) is 5.73 Å². The third-order valence-corrected chi connectivity index (χ3v) is 4.17. The molecule has 3 aromatic rings. The van der Waals surface area contributed by atoms with Crippen molar-refractivity contribution in [2.45, 2.75) is 26.4 Å². The highest BCUT2D eigenvalue weighted by atomic mass is 35.5. The molecule has 1 heterocycles. The Bertz CT molecular complexity index is 850. The normalized spacial score (nSPS) is 10.3. The summed E-state index contributed by atoms with van der Waals surface area (Å²) in [5.41, 5.74) is 8.63. The van der Waals surface area contributed by atoms with E-state index in [2.05, 4.69) is 10.1 Å². The Labute approximate surface area is 164 Å². The Hall–Kier alpha value is -2.70. The molecule has 0 saturated heterocycles. The number of hydrogen-bond donors (Lipinski definition) is 1. The van der Waals surface area contributed by atoms with Crippen LogP contribution in [0.15, 0.2) is 59.1 Å². The number of nitrogens with two attached hydrogens (primary N) is 1. The Kier molecular flexibility index (Phi) is 7.52. The highest BCUT2D eigenvalue weighted by molar-refractivity contribution is 5.85. The highest BCUT2D eigenvalue weighted by Gasteiger charge is 2.13. The van der Waals surface area contributed by atoms with Gasteiger partial charge in [-0.1, -0.05) is 59.8 Å². The van der Waals surface area contributed by atoms with E-state index < -0.39 is 0 Å². The molecule has 2 aromatic carbocycles. The third kappa shape index (κ3) is 5.64. The topological polar surface area (TPSA) is 85.2 Å². The molecular formula is C20H23ClN4O2. The van der Waals surface area contributed by atoms with Crippen LogP contribution < -0.4 is 5.73 Å². The molecule has 0 spiro atoms. The summed E-state index contributed by atoms with van der Waals surface area (Å²) in [4.78, 5) is 18.1. The molecule has 0 saturated carbocycles. The zero-order valence-corrected chi connectivity index (χ0v) is 16.0. The molecule has 0 radical (unpaired) electrons. The van der Waals surface area contributed by atoms with Crippen molar-refractivity contribution in [3.8, 4) is 11.4 Å². The van der Waals surface area contributed by atoms with Gasteiger partial charge in [0.2, 0.25) is 17.6 Å². The second-order valence-electron chi connectivity index (χ2n) is 6.09. The van der Waals surface area contributed by atoms with Gasteiger partial charge in [0.15, 0.2) is 0 Å². The van der Waals surface area contributed by atoms with Gasteiger partial charge in [-0.3, -0.25) is 4.79 Å².